The number of amides is 4. The van der Waals surface area contributed by atoms with Crippen LogP contribution >= 0.6 is 0 Å². The molecule has 2 heterocycles. The highest BCUT2D eigenvalue weighted by Gasteiger charge is 2.41. The summed E-state index contributed by atoms with van der Waals surface area (Å²) in [6, 6.07) is -0.791. The molecule has 1 saturated heterocycles. The minimum Gasteiger partial charge on any atom is -0.504 e. The average molecular weight is 410 g/mol. The molecule has 1 N–H and O–H groups in total. The monoisotopic (exact) mass is 410 g/mol. The zero-order valence-corrected chi connectivity index (χ0v) is 16.7. The molecular weight excluding hydrogens is 388 g/mol. The van der Waals surface area contributed by atoms with Crippen molar-refractivity contribution in [2.24, 2.45) is 0 Å². The molecule has 11 heteroatoms. The molecule has 2 rings (SSSR count). The van der Waals surface area contributed by atoms with Crippen molar-refractivity contribution in [3.8, 4) is 0 Å². The van der Waals surface area contributed by atoms with Crippen molar-refractivity contribution >= 4 is 23.8 Å². The molecule has 0 aromatic rings. The first-order chi connectivity index (χ1) is 13.6. The molecule has 4 amide bonds. The first-order valence-electron chi connectivity index (χ1n) is 8.52. The van der Waals surface area contributed by atoms with E-state index in [2.05, 4.69) is 0 Å². The van der Waals surface area contributed by atoms with Crippen LogP contribution < -0.4 is 0 Å². The van der Waals surface area contributed by atoms with E-state index in [4.69, 9.17) is 18.9 Å². The van der Waals surface area contributed by atoms with Gasteiger partial charge in [0.2, 0.25) is 6.29 Å². The summed E-state index contributed by atoms with van der Waals surface area (Å²) in [6.07, 6.45) is 0.441. The van der Waals surface area contributed by atoms with Crippen LogP contribution in [0, 0.1) is 0 Å². The summed E-state index contributed by atoms with van der Waals surface area (Å²) < 4.78 is 20.5. The Kier molecular flexibility index (Phi) is 6.64. The van der Waals surface area contributed by atoms with Crippen molar-refractivity contribution in [2.45, 2.75) is 26.1 Å². The van der Waals surface area contributed by atoms with E-state index in [1.54, 1.807) is 0 Å². The molecule has 0 radical (unpaired) electrons. The van der Waals surface area contributed by atoms with Gasteiger partial charge >= 0.3 is 12.0 Å². The predicted octanol–water partition coefficient (Wildman–Crippen LogP) is 0.937. The van der Waals surface area contributed by atoms with E-state index < -0.39 is 41.4 Å². The van der Waals surface area contributed by atoms with Crippen LogP contribution in [-0.2, 0) is 33.3 Å². The zero-order chi connectivity index (χ0) is 21.9. The lowest BCUT2D eigenvalue weighted by Gasteiger charge is -2.30. The molecule has 0 bridgehead atoms. The summed E-state index contributed by atoms with van der Waals surface area (Å²) in [6.45, 7) is 1.22. The van der Waals surface area contributed by atoms with Gasteiger partial charge in [-0.3, -0.25) is 24.2 Å². The molecule has 29 heavy (non-hydrogen) atoms. The van der Waals surface area contributed by atoms with Crippen molar-refractivity contribution < 1.29 is 43.2 Å². The van der Waals surface area contributed by atoms with Crippen LogP contribution in [0.4, 0.5) is 4.79 Å². The van der Waals surface area contributed by atoms with Gasteiger partial charge in [0, 0.05) is 52.6 Å². The molecule has 0 aliphatic carbocycles. The quantitative estimate of drug-likeness (QED) is 0.294. The first kappa shape index (κ1) is 22.0. The van der Waals surface area contributed by atoms with Gasteiger partial charge in [-0.05, 0) is 0 Å². The largest absolute Gasteiger partial charge is 0.504 e. The van der Waals surface area contributed by atoms with Gasteiger partial charge in [-0.25, -0.2) is 4.79 Å². The summed E-state index contributed by atoms with van der Waals surface area (Å²) in [5.41, 5.74) is -0.559. The molecule has 158 valence electrons. The summed E-state index contributed by atoms with van der Waals surface area (Å²) in [7, 11) is 5.09. The number of hydrogen-bond acceptors (Lipinski definition) is 9. The topological polar surface area (TPSA) is 132 Å². The SMILES string of the molecule is COC1=CC(=C2C(=O)N(C)C(=O)N(C)C2=O)C(O)=C(CCC(OC)OC(C)=O)O1. The van der Waals surface area contributed by atoms with Gasteiger partial charge in [0.05, 0.1) is 7.11 Å². The molecule has 0 spiro atoms. The van der Waals surface area contributed by atoms with Crippen LogP contribution in [0.2, 0.25) is 0 Å². The van der Waals surface area contributed by atoms with E-state index in [0.717, 1.165) is 9.80 Å². The van der Waals surface area contributed by atoms with Crippen molar-refractivity contribution in [3.05, 3.63) is 34.7 Å². The molecule has 1 fully saturated rings. The first-order valence-corrected chi connectivity index (χ1v) is 8.52. The average Bonchev–Trinajstić information content (AvgIpc) is 2.69. The summed E-state index contributed by atoms with van der Waals surface area (Å²) >= 11 is 0. The van der Waals surface area contributed by atoms with Crippen LogP contribution in [0.25, 0.3) is 0 Å². The molecule has 2 aliphatic heterocycles. The number of urea groups is 1. The molecule has 1 atom stereocenters. The normalized spacial score (nSPS) is 18.7. The third kappa shape index (κ3) is 4.40. The molecular formula is C18H22N2O9. The Bertz CT molecular complexity index is 814. The fourth-order valence-corrected chi connectivity index (χ4v) is 2.71. The maximum Gasteiger partial charge on any atom is 0.333 e. The molecule has 0 aromatic carbocycles. The number of nitrogens with zero attached hydrogens (tertiary/aromatic N) is 2. The fourth-order valence-electron chi connectivity index (χ4n) is 2.71. The number of ether oxygens (including phenoxy) is 4. The predicted molar refractivity (Wildman–Crippen MR) is 95.6 cm³/mol. The van der Waals surface area contributed by atoms with Crippen molar-refractivity contribution in [1.82, 2.24) is 9.80 Å². The van der Waals surface area contributed by atoms with Crippen LogP contribution in [-0.4, -0.2) is 73.3 Å². The Balaban J connectivity index is 2.45. The number of carbonyl (C=O) groups excluding carboxylic acids is 4. The second kappa shape index (κ2) is 8.78. The number of esters is 1. The Morgan fingerprint density at radius 1 is 1.17 bits per heavy atom. The van der Waals surface area contributed by atoms with Gasteiger partial charge in [-0.15, -0.1) is 0 Å². The number of likely N-dealkylation sites (N-methyl/N-ethyl adjacent to an activating group) is 2. The molecule has 2 aliphatic rings. The minimum atomic E-state index is -0.891. The molecule has 11 nitrogen and oxygen atoms in total. The summed E-state index contributed by atoms with van der Waals surface area (Å²) in [5, 5.41) is 10.7. The number of allylic oxidation sites excluding steroid dienone is 2. The Morgan fingerprint density at radius 2 is 1.76 bits per heavy atom. The number of rotatable bonds is 6. The lowest BCUT2D eigenvalue weighted by molar-refractivity contribution is -0.172. The fraction of sp³-hybridized carbons (Fsp3) is 0.444. The number of carbonyl (C=O) groups is 4. The van der Waals surface area contributed by atoms with E-state index in [1.807, 2.05) is 0 Å². The molecule has 0 aromatic heterocycles. The van der Waals surface area contributed by atoms with Crippen LogP contribution in [0.1, 0.15) is 19.8 Å². The summed E-state index contributed by atoms with van der Waals surface area (Å²) in [4.78, 5) is 49.6. The van der Waals surface area contributed by atoms with E-state index in [1.165, 1.54) is 41.3 Å². The van der Waals surface area contributed by atoms with Crippen molar-refractivity contribution in [2.75, 3.05) is 28.3 Å². The highest BCUT2D eigenvalue weighted by molar-refractivity contribution is 6.29. The van der Waals surface area contributed by atoms with Crippen LogP contribution in [0.5, 0.6) is 0 Å². The van der Waals surface area contributed by atoms with Crippen molar-refractivity contribution in [3.63, 3.8) is 0 Å². The van der Waals surface area contributed by atoms with Crippen LogP contribution in [0.3, 0.4) is 0 Å². The van der Waals surface area contributed by atoms with E-state index in [-0.39, 0.29) is 30.1 Å². The zero-order valence-electron chi connectivity index (χ0n) is 16.7. The standard InChI is InChI=1S/C18H22N2O9/c1-9(21)28-12(26-4)7-6-11-15(22)10(8-13(27-5)29-11)14-16(23)19(2)18(25)20(3)17(14)24/h8,12,22H,6-7H2,1-5H3. The van der Waals surface area contributed by atoms with Gasteiger partial charge < -0.3 is 24.1 Å². The third-order valence-electron chi connectivity index (χ3n) is 4.25. The summed E-state index contributed by atoms with van der Waals surface area (Å²) in [5.74, 6) is -2.87. The van der Waals surface area contributed by atoms with Gasteiger partial charge in [0.15, 0.2) is 11.5 Å². The van der Waals surface area contributed by atoms with E-state index in [0.29, 0.717) is 0 Å². The van der Waals surface area contributed by atoms with Crippen molar-refractivity contribution in [1.29, 1.82) is 0 Å². The van der Waals surface area contributed by atoms with Crippen LogP contribution in [0.15, 0.2) is 34.7 Å². The lowest BCUT2D eigenvalue weighted by Crippen LogP contribution is -2.53. The lowest BCUT2D eigenvalue weighted by atomic mass is 9.99. The molecule has 1 unspecified atom stereocenters. The number of barbiturate groups is 1. The van der Waals surface area contributed by atoms with Gasteiger partial charge in [-0.1, -0.05) is 0 Å². The third-order valence-corrected chi connectivity index (χ3v) is 4.25. The highest BCUT2D eigenvalue weighted by atomic mass is 16.7. The number of methoxy groups -OCH3 is 2. The number of aliphatic hydroxyl groups is 1. The second-order valence-electron chi connectivity index (χ2n) is 6.15. The highest BCUT2D eigenvalue weighted by Crippen LogP contribution is 2.32. The maximum absolute atomic E-state index is 12.5. The Labute approximate surface area is 166 Å². The Morgan fingerprint density at radius 3 is 2.24 bits per heavy atom. The number of imide groups is 2. The smallest absolute Gasteiger partial charge is 0.333 e. The molecule has 0 saturated carbocycles. The number of aliphatic hydroxyl groups excluding tert-OH is 1. The van der Waals surface area contributed by atoms with Gasteiger partial charge in [0.1, 0.15) is 5.57 Å². The maximum atomic E-state index is 12.5. The van der Waals surface area contributed by atoms with E-state index in [9.17, 15) is 24.3 Å². The number of hydrogen-bond donors (Lipinski definition) is 1. The Hall–Kier alpha value is -3.34. The second-order valence-corrected chi connectivity index (χ2v) is 6.15. The van der Waals surface area contributed by atoms with E-state index >= 15 is 0 Å². The van der Waals surface area contributed by atoms with Gasteiger partial charge in [-0.2, -0.15) is 0 Å². The minimum absolute atomic E-state index is 0.0242. The van der Waals surface area contributed by atoms with Gasteiger partial charge in [0.25, 0.3) is 17.8 Å².